The van der Waals surface area contributed by atoms with E-state index in [0.717, 1.165) is 28.5 Å². The number of amides is 1. The summed E-state index contributed by atoms with van der Waals surface area (Å²) in [5.74, 6) is 1.31. The molecule has 2 N–H and O–H groups in total. The Morgan fingerprint density at radius 3 is 2.70 bits per heavy atom. The summed E-state index contributed by atoms with van der Waals surface area (Å²) < 4.78 is 5.90. The van der Waals surface area contributed by atoms with Crippen LogP contribution in [-0.2, 0) is 11.3 Å². The van der Waals surface area contributed by atoms with Crippen molar-refractivity contribution in [3.05, 3.63) is 29.8 Å². The summed E-state index contributed by atoms with van der Waals surface area (Å²) in [6.45, 7) is 0.631. The SMILES string of the molecule is COc1ccc(CN(C(=O)CSc2nnc(N)s2)C2CC2)cc1. The quantitative estimate of drug-likeness (QED) is 0.772. The predicted molar refractivity (Wildman–Crippen MR) is 91.6 cm³/mol. The summed E-state index contributed by atoms with van der Waals surface area (Å²) in [5, 5.41) is 8.12. The van der Waals surface area contributed by atoms with Crippen molar-refractivity contribution >= 4 is 34.1 Å². The number of rotatable bonds is 7. The Hall–Kier alpha value is -1.80. The van der Waals surface area contributed by atoms with Gasteiger partial charge < -0.3 is 15.4 Å². The minimum absolute atomic E-state index is 0.127. The van der Waals surface area contributed by atoms with Gasteiger partial charge in [-0.3, -0.25) is 4.79 Å². The first-order valence-corrected chi connectivity index (χ1v) is 9.10. The van der Waals surface area contributed by atoms with E-state index in [1.165, 1.54) is 23.1 Å². The van der Waals surface area contributed by atoms with Gasteiger partial charge in [0.2, 0.25) is 11.0 Å². The van der Waals surface area contributed by atoms with Crippen molar-refractivity contribution in [1.82, 2.24) is 15.1 Å². The number of carbonyl (C=O) groups excluding carboxylic acids is 1. The van der Waals surface area contributed by atoms with Crippen LogP contribution in [0.2, 0.25) is 0 Å². The van der Waals surface area contributed by atoms with E-state index >= 15 is 0 Å². The molecule has 1 amide bonds. The zero-order valence-electron chi connectivity index (χ0n) is 12.8. The number of nitrogen functional groups attached to an aromatic ring is 1. The second-order valence-electron chi connectivity index (χ2n) is 5.30. The molecule has 6 nitrogen and oxygen atoms in total. The highest BCUT2D eigenvalue weighted by Crippen LogP contribution is 2.30. The van der Waals surface area contributed by atoms with E-state index in [1.807, 2.05) is 29.2 Å². The number of thioether (sulfide) groups is 1. The van der Waals surface area contributed by atoms with Crippen molar-refractivity contribution in [3.63, 3.8) is 0 Å². The second kappa shape index (κ2) is 7.18. The van der Waals surface area contributed by atoms with E-state index < -0.39 is 0 Å². The van der Waals surface area contributed by atoms with Crippen LogP contribution in [-0.4, -0.2) is 39.9 Å². The summed E-state index contributed by atoms with van der Waals surface area (Å²) in [7, 11) is 1.65. The third-order valence-corrected chi connectivity index (χ3v) is 5.43. The molecule has 8 heteroatoms. The lowest BCUT2D eigenvalue weighted by Crippen LogP contribution is -2.33. The van der Waals surface area contributed by atoms with Crippen LogP contribution in [0.4, 0.5) is 5.13 Å². The largest absolute Gasteiger partial charge is 0.497 e. The van der Waals surface area contributed by atoms with E-state index in [2.05, 4.69) is 10.2 Å². The van der Waals surface area contributed by atoms with Gasteiger partial charge in [-0.15, -0.1) is 10.2 Å². The number of hydrogen-bond donors (Lipinski definition) is 1. The number of ether oxygens (including phenoxy) is 1. The van der Waals surface area contributed by atoms with E-state index in [9.17, 15) is 4.79 Å². The van der Waals surface area contributed by atoms with Gasteiger partial charge in [-0.2, -0.15) is 0 Å². The Morgan fingerprint density at radius 1 is 1.39 bits per heavy atom. The number of benzene rings is 1. The minimum Gasteiger partial charge on any atom is -0.497 e. The number of hydrogen-bond acceptors (Lipinski definition) is 7. The smallest absolute Gasteiger partial charge is 0.233 e. The molecule has 1 aliphatic carbocycles. The molecule has 2 aromatic rings. The number of methoxy groups -OCH3 is 1. The molecular formula is C15H18N4O2S2. The first-order chi connectivity index (χ1) is 11.2. The third kappa shape index (κ3) is 4.35. The first-order valence-electron chi connectivity index (χ1n) is 7.30. The first kappa shape index (κ1) is 16.1. The maximum Gasteiger partial charge on any atom is 0.233 e. The van der Waals surface area contributed by atoms with Gasteiger partial charge in [-0.25, -0.2) is 0 Å². The van der Waals surface area contributed by atoms with Crippen LogP contribution in [0.15, 0.2) is 28.6 Å². The summed E-state index contributed by atoms with van der Waals surface area (Å²) >= 11 is 2.70. The lowest BCUT2D eigenvalue weighted by molar-refractivity contribution is -0.129. The standard InChI is InChI=1S/C15H18N4O2S2/c1-21-12-6-2-10(3-7-12)8-19(11-4-5-11)13(20)9-22-15-18-17-14(16)23-15/h2-3,6-7,11H,4-5,8-9H2,1H3,(H2,16,17). The summed E-state index contributed by atoms with van der Waals surface area (Å²) in [4.78, 5) is 14.5. The van der Waals surface area contributed by atoms with Gasteiger partial charge in [0.1, 0.15) is 5.75 Å². The average Bonchev–Trinajstić information content (AvgIpc) is 3.32. The molecule has 0 bridgehead atoms. The van der Waals surface area contributed by atoms with Gasteiger partial charge in [0.05, 0.1) is 12.9 Å². The number of anilines is 1. The van der Waals surface area contributed by atoms with Crippen molar-refractivity contribution in [1.29, 1.82) is 0 Å². The molecule has 3 rings (SSSR count). The fourth-order valence-electron chi connectivity index (χ4n) is 2.22. The van der Waals surface area contributed by atoms with Crippen molar-refractivity contribution in [2.24, 2.45) is 0 Å². The zero-order chi connectivity index (χ0) is 16.2. The van der Waals surface area contributed by atoms with Crippen LogP contribution >= 0.6 is 23.1 Å². The highest BCUT2D eigenvalue weighted by atomic mass is 32.2. The van der Waals surface area contributed by atoms with Gasteiger partial charge in [0.25, 0.3) is 0 Å². The van der Waals surface area contributed by atoms with Crippen LogP contribution in [0.1, 0.15) is 18.4 Å². The zero-order valence-corrected chi connectivity index (χ0v) is 14.4. The molecule has 0 saturated heterocycles. The molecule has 1 aliphatic rings. The van der Waals surface area contributed by atoms with Crippen LogP contribution in [0.5, 0.6) is 5.75 Å². The molecule has 0 spiro atoms. The predicted octanol–water partition coefficient (Wildman–Crippen LogP) is 2.41. The Labute approximate surface area is 143 Å². The fraction of sp³-hybridized carbons (Fsp3) is 0.400. The van der Waals surface area contributed by atoms with Crippen molar-refractivity contribution < 1.29 is 9.53 Å². The average molecular weight is 350 g/mol. The van der Waals surface area contributed by atoms with Crippen LogP contribution < -0.4 is 10.5 Å². The number of aromatic nitrogens is 2. The lowest BCUT2D eigenvalue weighted by Gasteiger charge is -2.22. The van der Waals surface area contributed by atoms with Crippen LogP contribution in [0.3, 0.4) is 0 Å². The van der Waals surface area contributed by atoms with Gasteiger partial charge in [0, 0.05) is 12.6 Å². The fourth-order valence-corrected chi connectivity index (χ4v) is 3.74. The molecule has 1 heterocycles. The van der Waals surface area contributed by atoms with E-state index in [0.29, 0.717) is 23.5 Å². The molecule has 0 atom stereocenters. The van der Waals surface area contributed by atoms with Gasteiger partial charge in [-0.1, -0.05) is 35.2 Å². The van der Waals surface area contributed by atoms with Crippen molar-refractivity contribution in [2.45, 2.75) is 29.8 Å². The molecule has 0 aliphatic heterocycles. The Bertz CT molecular complexity index is 670. The number of nitrogens with zero attached hydrogens (tertiary/aromatic N) is 3. The topological polar surface area (TPSA) is 81.3 Å². The highest BCUT2D eigenvalue weighted by molar-refractivity contribution is 8.01. The van der Waals surface area contributed by atoms with E-state index in [-0.39, 0.29) is 5.91 Å². The minimum atomic E-state index is 0.127. The van der Waals surface area contributed by atoms with Crippen molar-refractivity contribution in [2.75, 3.05) is 18.6 Å². The monoisotopic (exact) mass is 350 g/mol. The summed E-state index contributed by atoms with van der Waals surface area (Å²) in [6.07, 6.45) is 2.16. The Morgan fingerprint density at radius 2 is 2.13 bits per heavy atom. The molecule has 1 aromatic heterocycles. The number of carbonyl (C=O) groups is 1. The maximum absolute atomic E-state index is 12.5. The molecule has 122 valence electrons. The molecular weight excluding hydrogens is 332 g/mol. The summed E-state index contributed by atoms with van der Waals surface area (Å²) in [6, 6.07) is 8.21. The van der Waals surface area contributed by atoms with E-state index in [4.69, 9.17) is 10.5 Å². The second-order valence-corrected chi connectivity index (χ2v) is 7.53. The number of nitrogens with two attached hydrogens (primary N) is 1. The molecule has 23 heavy (non-hydrogen) atoms. The maximum atomic E-state index is 12.5. The lowest BCUT2D eigenvalue weighted by atomic mass is 10.2. The molecule has 1 fully saturated rings. The summed E-state index contributed by atoms with van der Waals surface area (Å²) in [5.41, 5.74) is 6.66. The van der Waals surface area contributed by atoms with Gasteiger partial charge >= 0.3 is 0 Å². The Kier molecular flexibility index (Phi) is 5.02. The van der Waals surface area contributed by atoms with Crippen LogP contribution in [0.25, 0.3) is 0 Å². The van der Waals surface area contributed by atoms with E-state index in [1.54, 1.807) is 7.11 Å². The van der Waals surface area contributed by atoms with Crippen molar-refractivity contribution in [3.8, 4) is 5.75 Å². The normalized spacial score (nSPS) is 13.8. The molecule has 1 aromatic carbocycles. The molecule has 0 unspecified atom stereocenters. The van der Waals surface area contributed by atoms with Gasteiger partial charge in [-0.05, 0) is 30.5 Å². The third-order valence-electron chi connectivity index (χ3n) is 3.56. The van der Waals surface area contributed by atoms with Gasteiger partial charge in [0.15, 0.2) is 4.34 Å². The highest BCUT2D eigenvalue weighted by Gasteiger charge is 2.32. The Balaban J connectivity index is 1.60. The molecule has 1 saturated carbocycles. The molecule has 0 radical (unpaired) electrons. The van der Waals surface area contributed by atoms with Crippen LogP contribution in [0, 0.1) is 0 Å².